The zero-order chi connectivity index (χ0) is 11.4. The van der Waals surface area contributed by atoms with Crippen molar-refractivity contribution in [1.29, 1.82) is 0 Å². The Morgan fingerprint density at radius 3 is 2.73 bits per heavy atom. The number of nitrogens with zero attached hydrogens (tertiary/aromatic N) is 1. The lowest BCUT2D eigenvalue weighted by Crippen LogP contribution is -2.24. The fraction of sp³-hybridized carbons (Fsp3) is 0.222. The van der Waals surface area contributed by atoms with Crippen LogP contribution in [0.5, 0.6) is 0 Å². The van der Waals surface area contributed by atoms with Gasteiger partial charge in [-0.15, -0.1) is 0 Å². The molecule has 0 bridgehead atoms. The summed E-state index contributed by atoms with van der Waals surface area (Å²) in [6.45, 7) is 1.71. The Labute approximate surface area is 91.4 Å². The van der Waals surface area contributed by atoms with E-state index in [4.69, 9.17) is 11.6 Å². The number of hydrogen-bond donors (Lipinski definition) is 1. The van der Waals surface area contributed by atoms with Gasteiger partial charge in [-0.25, -0.2) is 9.78 Å². The summed E-state index contributed by atoms with van der Waals surface area (Å²) in [6.07, 6.45) is 1.38. The molecule has 5 nitrogen and oxygen atoms in total. The summed E-state index contributed by atoms with van der Waals surface area (Å²) >= 11 is 5.68. The maximum Gasteiger partial charge on any atom is 0.396 e. The molecule has 0 radical (unpaired) electrons. The first-order valence-electron chi connectivity index (χ1n) is 4.06. The van der Waals surface area contributed by atoms with Crippen LogP contribution in [0.1, 0.15) is 5.56 Å². The van der Waals surface area contributed by atoms with E-state index in [9.17, 15) is 9.59 Å². The van der Waals surface area contributed by atoms with Gasteiger partial charge in [0.25, 0.3) is 0 Å². The molecule has 15 heavy (non-hydrogen) atoms. The average molecular weight is 229 g/mol. The van der Waals surface area contributed by atoms with Crippen molar-refractivity contribution in [2.75, 3.05) is 12.4 Å². The highest BCUT2D eigenvalue weighted by atomic mass is 35.5. The van der Waals surface area contributed by atoms with Crippen LogP contribution in [0.2, 0.25) is 5.02 Å². The molecule has 1 rings (SSSR count). The highest BCUT2D eigenvalue weighted by Crippen LogP contribution is 2.15. The number of amides is 1. The van der Waals surface area contributed by atoms with Gasteiger partial charge in [0.15, 0.2) is 0 Å². The molecule has 1 aromatic heterocycles. The van der Waals surface area contributed by atoms with Crippen molar-refractivity contribution >= 4 is 29.3 Å². The summed E-state index contributed by atoms with van der Waals surface area (Å²) in [6, 6.07) is 1.63. The predicted octanol–water partition coefficient (Wildman–Crippen LogP) is 1.15. The van der Waals surface area contributed by atoms with Crippen LogP contribution in [-0.4, -0.2) is 24.0 Å². The van der Waals surface area contributed by atoms with Gasteiger partial charge < -0.3 is 10.1 Å². The number of pyridine rings is 1. The molecule has 1 amide bonds. The average Bonchev–Trinajstić information content (AvgIpc) is 2.20. The molecule has 0 aliphatic rings. The number of halogens is 1. The summed E-state index contributed by atoms with van der Waals surface area (Å²) in [7, 11) is 1.13. The molecule has 0 unspecified atom stereocenters. The van der Waals surface area contributed by atoms with E-state index < -0.39 is 11.9 Å². The number of rotatable bonds is 1. The van der Waals surface area contributed by atoms with Crippen LogP contribution >= 0.6 is 11.6 Å². The lowest BCUT2D eigenvalue weighted by Gasteiger charge is -2.05. The molecule has 0 spiro atoms. The van der Waals surface area contributed by atoms with Crippen molar-refractivity contribution in [2.45, 2.75) is 6.92 Å². The van der Waals surface area contributed by atoms with Crippen molar-refractivity contribution in [3.05, 3.63) is 22.8 Å². The summed E-state index contributed by atoms with van der Waals surface area (Å²) in [4.78, 5) is 25.8. The first kappa shape index (κ1) is 11.5. The number of hydrogen-bond acceptors (Lipinski definition) is 4. The number of anilines is 1. The first-order valence-corrected chi connectivity index (χ1v) is 4.44. The topological polar surface area (TPSA) is 68.3 Å². The van der Waals surface area contributed by atoms with E-state index in [1.165, 1.54) is 6.20 Å². The summed E-state index contributed by atoms with van der Waals surface area (Å²) in [5.41, 5.74) is 0.666. The Kier molecular flexibility index (Phi) is 3.62. The Bertz CT molecular complexity index is 406. The minimum atomic E-state index is -0.967. The molecule has 0 saturated carbocycles. The van der Waals surface area contributed by atoms with E-state index in [1.54, 1.807) is 13.0 Å². The fourth-order valence-electron chi connectivity index (χ4n) is 0.923. The predicted molar refractivity (Wildman–Crippen MR) is 54.6 cm³/mol. The van der Waals surface area contributed by atoms with Gasteiger partial charge in [-0.1, -0.05) is 11.6 Å². The van der Waals surface area contributed by atoms with Gasteiger partial charge in [0, 0.05) is 6.20 Å². The Morgan fingerprint density at radius 1 is 1.53 bits per heavy atom. The van der Waals surface area contributed by atoms with Gasteiger partial charge in [-0.3, -0.25) is 4.79 Å². The van der Waals surface area contributed by atoms with Crippen molar-refractivity contribution < 1.29 is 14.3 Å². The van der Waals surface area contributed by atoms with Crippen LogP contribution < -0.4 is 5.32 Å². The maximum absolute atomic E-state index is 11.1. The number of ether oxygens (including phenoxy) is 1. The third-order valence-corrected chi connectivity index (χ3v) is 1.85. The monoisotopic (exact) mass is 228 g/mol. The second-order valence-corrected chi connectivity index (χ2v) is 3.20. The number of aryl methyl sites for hydroxylation is 1. The number of carbonyl (C=O) groups is 2. The van der Waals surface area contributed by atoms with Gasteiger partial charge >= 0.3 is 11.9 Å². The Hall–Kier alpha value is -1.62. The highest BCUT2D eigenvalue weighted by molar-refractivity contribution is 6.37. The van der Waals surface area contributed by atoms with E-state index >= 15 is 0 Å². The van der Waals surface area contributed by atoms with E-state index in [0.29, 0.717) is 10.6 Å². The summed E-state index contributed by atoms with van der Waals surface area (Å²) < 4.78 is 4.24. The lowest BCUT2D eigenvalue weighted by atomic mass is 10.3. The first-order chi connectivity index (χ1) is 7.04. The molecule has 0 aromatic carbocycles. The highest BCUT2D eigenvalue weighted by Gasteiger charge is 2.15. The molecule has 0 aliphatic heterocycles. The number of esters is 1. The molecule has 6 heteroatoms. The third-order valence-electron chi connectivity index (χ3n) is 1.65. The van der Waals surface area contributed by atoms with Crippen molar-refractivity contribution in [3.63, 3.8) is 0 Å². The standard InChI is InChI=1S/C9H9ClN2O3/c1-5-3-6(10)4-11-7(5)12-8(13)9(14)15-2/h3-4H,1-2H3,(H,11,12,13). The molecule has 0 aliphatic carbocycles. The van der Waals surface area contributed by atoms with Gasteiger partial charge in [-0.2, -0.15) is 0 Å². The fourth-order valence-corrected chi connectivity index (χ4v) is 1.14. The van der Waals surface area contributed by atoms with Crippen LogP contribution in [0.4, 0.5) is 5.82 Å². The normalized spacial score (nSPS) is 9.53. The summed E-state index contributed by atoms with van der Waals surface area (Å²) in [5, 5.41) is 2.77. The minimum absolute atomic E-state index is 0.287. The van der Waals surface area contributed by atoms with Crippen LogP contribution in [0.3, 0.4) is 0 Å². The SMILES string of the molecule is COC(=O)C(=O)Nc1ncc(Cl)cc1C. The molecule has 1 N–H and O–H groups in total. The number of aromatic nitrogens is 1. The lowest BCUT2D eigenvalue weighted by molar-refractivity contribution is -0.150. The van der Waals surface area contributed by atoms with E-state index in [2.05, 4.69) is 15.0 Å². The summed E-state index contributed by atoms with van der Waals surface area (Å²) in [5.74, 6) is -1.55. The van der Waals surface area contributed by atoms with Crippen molar-refractivity contribution in [2.24, 2.45) is 0 Å². The minimum Gasteiger partial charge on any atom is -0.462 e. The number of nitrogens with one attached hydrogen (secondary N) is 1. The van der Waals surface area contributed by atoms with E-state index in [1.807, 2.05) is 0 Å². The zero-order valence-corrected chi connectivity index (χ0v) is 8.96. The number of methoxy groups -OCH3 is 1. The molecular weight excluding hydrogens is 220 g/mol. The molecule has 0 fully saturated rings. The van der Waals surface area contributed by atoms with E-state index in [0.717, 1.165) is 7.11 Å². The van der Waals surface area contributed by atoms with Crippen molar-refractivity contribution in [1.82, 2.24) is 4.98 Å². The van der Waals surface area contributed by atoms with Gasteiger partial charge in [0.05, 0.1) is 12.1 Å². The van der Waals surface area contributed by atoms with Crippen LogP contribution in [0.15, 0.2) is 12.3 Å². The molecule has 1 heterocycles. The zero-order valence-electron chi connectivity index (χ0n) is 8.20. The second kappa shape index (κ2) is 4.75. The molecular formula is C9H9ClN2O3. The second-order valence-electron chi connectivity index (χ2n) is 2.76. The largest absolute Gasteiger partial charge is 0.462 e. The Morgan fingerprint density at radius 2 is 2.20 bits per heavy atom. The third kappa shape index (κ3) is 2.92. The molecule has 0 atom stereocenters. The van der Waals surface area contributed by atoms with Gasteiger partial charge in [-0.05, 0) is 18.6 Å². The van der Waals surface area contributed by atoms with Gasteiger partial charge in [0.2, 0.25) is 0 Å². The molecule has 80 valence electrons. The van der Waals surface area contributed by atoms with Crippen molar-refractivity contribution in [3.8, 4) is 0 Å². The quantitative estimate of drug-likeness (QED) is 0.579. The van der Waals surface area contributed by atoms with E-state index in [-0.39, 0.29) is 5.82 Å². The van der Waals surface area contributed by atoms with Gasteiger partial charge in [0.1, 0.15) is 5.82 Å². The smallest absolute Gasteiger partial charge is 0.396 e. The molecule has 0 saturated heterocycles. The van der Waals surface area contributed by atoms with Crippen LogP contribution in [0.25, 0.3) is 0 Å². The van der Waals surface area contributed by atoms with Crippen LogP contribution in [0, 0.1) is 6.92 Å². The molecule has 1 aromatic rings. The maximum atomic E-state index is 11.1. The Balaban J connectivity index is 2.81. The van der Waals surface area contributed by atoms with Crippen LogP contribution in [-0.2, 0) is 14.3 Å². The number of carbonyl (C=O) groups excluding carboxylic acids is 2.